The van der Waals surface area contributed by atoms with Crippen molar-refractivity contribution in [1.82, 2.24) is 36.5 Å². The van der Waals surface area contributed by atoms with Crippen molar-refractivity contribution in [2.75, 3.05) is 38.8 Å². The van der Waals surface area contributed by atoms with Gasteiger partial charge in [0, 0.05) is 25.0 Å². The number of carbonyl (C=O) groups excluding carboxylic acids is 2. The minimum atomic E-state index is -4.48. The fraction of sp³-hybridized carbons (Fsp3) is 0.512. The maximum absolute atomic E-state index is 14.2. The first kappa shape index (κ1) is 59.9. The number of hydrogen-bond donors (Lipinski definition) is 9. The standard InChI is InChI=1S/C43H62N8O21S/c1-43(2,3)29-18-23-37(44-24-29)73(62,63)47-42-40(70-36-13-7-6-12-35(36)65-5)34(45-41(46-42)28-16-19-30(64-4)20-17-28)22-21-31(69-39(53)15-9-11-33(72-51(60)61)27-68-49(56)57)25-66-38(52)14-8-10-32(71-50(58)59)26-67-48(54)55/h6-7,12-13,16,18-20,23-24,28,31-33,54-61H,8-11,14-15,17,21-22,25-27H2,1-5H3,(H,45,46,47). The van der Waals surface area contributed by atoms with Crippen molar-refractivity contribution in [2.45, 2.75) is 113 Å². The molecule has 9 N–H and O–H groups in total. The van der Waals surface area contributed by atoms with Gasteiger partial charge >= 0.3 is 11.9 Å². The number of aromatic nitrogens is 3. The first-order valence-corrected chi connectivity index (χ1v) is 23.8. The molecule has 0 aliphatic heterocycles. The van der Waals surface area contributed by atoms with Gasteiger partial charge in [0.05, 0.1) is 41.5 Å². The fourth-order valence-corrected chi connectivity index (χ4v) is 7.71. The first-order chi connectivity index (χ1) is 34.6. The van der Waals surface area contributed by atoms with Gasteiger partial charge in [0.2, 0.25) is 0 Å². The monoisotopic (exact) mass is 1060 g/mol. The SMILES string of the molecule is COC1=CCC(c2nc(CCC(COC(=O)CCCC(CON(O)O)ON(O)O)OC(=O)CCCC(CON(O)O)ON(O)O)c(Oc3ccccc3OC)c(NS(=O)(=O)c3ccc(C(C)(C)C)cn3)n2)C=C1. The van der Waals surface area contributed by atoms with E-state index in [1.165, 1.54) is 26.5 Å². The molecule has 0 radical (unpaired) electrons. The average Bonchev–Trinajstić information content (AvgIpc) is 3.33. The molecule has 0 amide bonds. The molecule has 0 saturated carbocycles. The Morgan fingerprint density at radius 3 is 1.90 bits per heavy atom. The van der Waals surface area contributed by atoms with Gasteiger partial charge in [-0.1, -0.05) is 45.0 Å². The van der Waals surface area contributed by atoms with E-state index >= 15 is 0 Å². The summed E-state index contributed by atoms with van der Waals surface area (Å²) in [6, 6.07) is 9.52. The maximum atomic E-state index is 14.2. The number of allylic oxidation sites excluding steroid dienone is 3. The van der Waals surface area contributed by atoms with Gasteiger partial charge in [-0.05, 0) is 86.3 Å². The van der Waals surface area contributed by atoms with E-state index < -0.39 is 87.6 Å². The molecule has 4 atom stereocenters. The topological polar surface area (TPSA) is 377 Å². The van der Waals surface area contributed by atoms with Crippen LogP contribution in [0.25, 0.3) is 0 Å². The van der Waals surface area contributed by atoms with E-state index in [1.54, 1.807) is 48.6 Å². The summed E-state index contributed by atoms with van der Waals surface area (Å²) < 4.78 is 59.6. The van der Waals surface area contributed by atoms with Crippen LogP contribution in [-0.4, -0.2) is 151 Å². The molecule has 1 aliphatic rings. The Labute approximate surface area is 419 Å². The van der Waals surface area contributed by atoms with Crippen molar-refractivity contribution in [3.05, 3.63) is 83.7 Å². The number of para-hydroxylation sites is 2. The molecule has 1 aliphatic carbocycles. The largest absolute Gasteiger partial charge is 0.497 e. The second kappa shape index (κ2) is 29.3. The van der Waals surface area contributed by atoms with E-state index in [2.05, 4.69) is 19.4 Å². The van der Waals surface area contributed by atoms with Gasteiger partial charge in [0.25, 0.3) is 10.0 Å². The maximum Gasteiger partial charge on any atom is 0.306 e. The van der Waals surface area contributed by atoms with Gasteiger partial charge < -0.3 is 23.7 Å². The Morgan fingerprint density at radius 2 is 1.38 bits per heavy atom. The van der Waals surface area contributed by atoms with Crippen LogP contribution in [0.3, 0.4) is 0 Å². The molecule has 4 rings (SSSR count). The number of carbonyl (C=O) groups is 2. The molecular formula is C43H62N8O21S. The van der Waals surface area contributed by atoms with E-state index in [0.29, 0.717) is 12.2 Å². The second-order valence-corrected chi connectivity index (χ2v) is 18.5. The van der Waals surface area contributed by atoms with Crippen molar-refractivity contribution < 1.29 is 103 Å². The number of hydrogen-bond acceptors (Lipinski definition) is 28. The molecule has 0 saturated heterocycles. The molecular weight excluding hydrogens is 997 g/mol. The van der Waals surface area contributed by atoms with Crippen molar-refractivity contribution in [3.8, 4) is 17.2 Å². The first-order valence-electron chi connectivity index (χ1n) is 22.4. The van der Waals surface area contributed by atoms with Crippen LogP contribution in [0.4, 0.5) is 5.82 Å². The zero-order valence-corrected chi connectivity index (χ0v) is 41.3. The highest BCUT2D eigenvalue weighted by atomic mass is 32.2. The van der Waals surface area contributed by atoms with Crippen LogP contribution in [0.15, 0.2) is 71.6 Å². The number of esters is 2. The highest BCUT2D eigenvalue weighted by molar-refractivity contribution is 7.92. The summed E-state index contributed by atoms with van der Waals surface area (Å²) in [5.41, 5.74) is 0.545. The smallest absolute Gasteiger partial charge is 0.306 e. The Morgan fingerprint density at radius 1 is 0.767 bits per heavy atom. The molecule has 29 nitrogen and oxygen atoms in total. The quantitative estimate of drug-likeness (QED) is 0.0298. The fourth-order valence-electron chi connectivity index (χ4n) is 6.77. The number of anilines is 1. The number of sulfonamides is 1. The van der Waals surface area contributed by atoms with Gasteiger partial charge in [0.15, 0.2) is 28.1 Å². The molecule has 3 aromatic rings. The zero-order valence-electron chi connectivity index (χ0n) is 40.5. The predicted octanol–water partition coefficient (Wildman–Crippen LogP) is 4.86. The number of ether oxygens (including phenoxy) is 5. The Hall–Kier alpha value is -5.62. The number of pyridine rings is 1. The van der Waals surface area contributed by atoms with Gasteiger partial charge in [-0.2, -0.15) is 8.42 Å². The number of nitrogens with one attached hydrogen (secondary N) is 1. The lowest BCUT2D eigenvalue weighted by Gasteiger charge is -2.22. The molecule has 4 unspecified atom stereocenters. The van der Waals surface area contributed by atoms with Gasteiger partial charge in [-0.25, -0.2) is 34.3 Å². The van der Waals surface area contributed by atoms with Crippen LogP contribution < -0.4 is 14.2 Å². The Kier molecular flexibility index (Phi) is 24.1. The summed E-state index contributed by atoms with van der Waals surface area (Å²) in [4.78, 5) is 58.7. The molecule has 0 spiro atoms. The molecule has 406 valence electrons. The van der Waals surface area contributed by atoms with Crippen LogP contribution in [0.5, 0.6) is 17.2 Å². The summed E-state index contributed by atoms with van der Waals surface area (Å²) in [7, 11) is -1.57. The zero-order chi connectivity index (χ0) is 53.7. The lowest BCUT2D eigenvalue weighted by molar-refractivity contribution is -0.527. The number of aryl methyl sites for hydroxylation is 1. The highest BCUT2D eigenvalue weighted by Gasteiger charge is 2.29. The molecule has 0 bridgehead atoms. The van der Waals surface area contributed by atoms with E-state index in [4.69, 9.17) is 85.0 Å². The minimum Gasteiger partial charge on any atom is -0.497 e. The van der Waals surface area contributed by atoms with E-state index in [1.807, 2.05) is 20.8 Å². The van der Waals surface area contributed by atoms with E-state index in [9.17, 15) is 18.0 Å². The van der Waals surface area contributed by atoms with Crippen LogP contribution in [0.1, 0.15) is 95.1 Å². The predicted molar refractivity (Wildman–Crippen MR) is 241 cm³/mol. The number of nitrogens with zero attached hydrogens (tertiary/aromatic N) is 7. The minimum absolute atomic E-state index is 0.0165. The van der Waals surface area contributed by atoms with Gasteiger partial charge in [0.1, 0.15) is 49.7 Å². The third kappa shape index (κ3) is 21.0. The summed E-state index contributed by atoms with van der Waals surface area (Å²) >= 11 is 0. The van der Waals surface area contributed by atoms with Gasteiger partial charge in [-0.15, -0.1) is 0 Å². The van der Waals surface area contributed by atoms with Crippen LogP contribution in [0.2, 0.25) is 0 Å². The van der Waals surface area contributed by atoms with Crippen molar-refractivity contribution in [3.63, 3.8) is 0 Å². The summed E-state index contributed by atoms with van der Waals surface area (Å²) in [6.07, 6.45) is 2.23. The Bertz CT molecular complexity index is 2370. The van der Waals surface area contributed by atoms with Gasteiger partial charge in [-0.3, -0.25) is 56.0 Å². The lowest BCUT2D eigenvalue weighted by Crippen LogP contribution is -2.31. The Balaban J connectivity index is 1.72. The summed E-state index contributed by atoms with van der Waals surface area (Å²) in [5.74, 6) is -1.51. The number of benzene rings is 1. The average molecular weight is 1060 g/mol. The van der Waals surface area contributed by atoms with Crippen LogP contribution >= 0.6 is 0 Å². The molecule has 2 aromatic heterocycles. The van der Waals surface area contributed by atoms with Crippen molar-refractivity contribution in [1.29, 1.82) is 0 Å². The summed E-state index contributed by atoms with van der Waals surface area (Å²) in [5, 5.41) is 69.2. The number of methoxy groups -OCH3 is 2. The highest BCUT2D eigenvalue weighted by Crippen LogP contribution is 2.39. The third-order valence-corrected chi connectivity index (χ3v) is 11.7. The molecule has 2 heterocycles. The molecule has 1 aromatic carbocycles. The van der Waals surface area contributed by atoms with Crippen LogP contribution in [-0.2, 0) is 65.0 Å². The molecule has 0 fully saturated rings. The molecule has 30 heteroatoms. The van der Waals surface area contributed by atoms with E-state index in [-0.39, 0.29) is 96.4 Å². The lowest BCUT2D eigenvalue weighted by atomic mass is 9.88. The van der Waals surface area contributed by atoms with Crippen LogP contribution in [0, 0.1) is 0 Å². The van der Waals surface area contributed by atoms with Crippen molar-refractivity contribution >= 4 is 27.8 Å². The van der Waals surface area contributed by atoms with E-state index in [0.717, 1.165) is 5.56 Å². The normalized spacial score (nSPS) is 15.3. The molecule has 73 heavy (non-hydrogen) atoms. The second-order valence-electron chi connectivity index (χ2n) is 16.9. The third-order valence-electron chi connectivity index (χ3n) is 10.5. The summed E-state index contributed by atoms with van der Waals surface area (Å²) in [6.45, 7) is 4.12. The van der Waals surface area contributed by atoms with Crippen molar-refractivity contribution in [2.24, 2.45) is 0 Å². The number of rotatable bonds is 32.